The highest BCUT2D eigenvalue weighted by molar-refractivity contribution is 6.31. The first kappa shape index (κ1) is 74.4. The zero-order valence-electron chi connectivity index (χ0n) is 60.8. The molecule has 0 radical (unpaired) electrons. The molecule has 12 aromatic rings. The molecule has 0 bridgehead atoms. The molecule has 105 heavy (non-hydrogen) atoms. The number of aryl methyl sites for hydroxylation is 6. The summed E-state index contributed by atoms with van der Waals surface area (Å²) < 4.78 is 85.1. The number of alkyl halides is 6. The predicted octanol–water partition coefficient (Wildman–Crippen LogP) is 15.0. The Morgan fingerprint density at radius 3 is 1.41 bits per heavy atom. The van der Waals surface area contributed by atoms with Crippen LogP contribution in [0.1, 0.15) is 120 Å². The molecule has 4 aliphatic rings. The van der Waals surface area contributed by atoms with Gasteiger partial charge in [0.15, 0.2) is 0 Å². The van der Waals surface area contributed by atoms with Crippen molar-refractivity contribution in [1.29, 1.82) is 0 Å². The van der Waals surface area contributed by atoms with Crippen LogP contribution >= 0.6 is 11.6 Å². The molecule has 13 heterocycles. The van der Waals surface area contributed by atoms with E-state index in [0.717, 1.165) is 147 Å². The number of pyridine rings is 5. The van der Waals surface area contributed by atoms with E-state index in [2.05, 4.69) is 147 Å². The molecule has 0 aliphatic carbocycles. The van der Waals surface area contributed by atoms with Crippen LogP contribution in [0.15, 0.2) is 146 Å². The number of aliphatic hydroxyl groups excluding tert-OH is 2. The number of hydrogen-bond acceptors (Lipinski definition) is 12. The first-order chi connectivity index (χ1) is 50.0. The van der Waals surface area contributed by atoms with Crippen LogP contribution in [0, 0.1) is 27.7 Å². The van der Waals surface area contributed by atoms with Crippen LogP contribution in [0.3, 0.4) is 0 Å². The normalized spacial score (nSPS) is 16.3. The lowest BCUT2D eigenvalue weighted by Gasteiger charge is -2.28. The molecule has 0 amide bonds. The Balaban J connectivity index is 0.000000124. The topological polar surface area (TPSA) is 158 Å². The number of likely N-dealkylation sites (N-methyl/N-ethyl adjacent to an activating group) is 4. The maximum atomic E-state index is 12.7. The Bertz CT molecular complexity index is 5090. The van der Waals surface area contributed by atoms with Crippen molar-refractivity contribution in [2.75, 3.05) is 54.4 Å². The number of halogens is 7. The molecule has 4 aliphatic heterocycles. The summed E-state index contributed by atoms with van der Waals surface area (Å²) >= 11 is 6.19. The molecule has 0 saturated carbocycles. The maximum absolute atomic E-state index is 12.7. The summed E-state index contributed by atoms with van der Waals surface area (Å²) in [6.45, 7) is 19.8. The number of benzene rings is 3. The molecule has 9 aromatic heterocycles. The van der Waals surface area contributed by atoms with Gasteiger partial charge in [-0.3, -0.25) is 24.9 Å². The summed E-state index contributed by atoms with van der Waals surface area (Å²) in [5.41, 5.74) is 19.7. The van der Waals surface area contributed by atoms with E-state index in [1.165, 1.54) is 96.0 Å². The van der Waals surface area contributed by atoms with Gasteiger partial charge in [0.05, 0.1) is 43.6 Å². The average molecular weight is 1460 g/mol. The molecule has 3 aromatic carbocycles. The molecule has 16 nitrogen and oxygen atoms in total. The minimum Gasteiger partial charge on any atom is -0.386 e. The average Bonchev–Trinajstić information content (AvgIpc) is 1.61. The fourth-order valence-electron chi connectivity index (χ4n) is 15.5. The molecule has 3 N–H and O–H groups in total. The molecule has 3 unspecified atom stereocenters. The predicted molar refractivity (Wildman–Crippen MR) is 400 cm³/mol. The minimum absolute atomic E-state index is 0.240. The molecule has 0 fully saturated rings. The first-order valence-electron chi connectivity index (χ1n) is 35.7. The van der Waals surface area contributed by atoms with Gasteiger partial charge < -0.3 is 53.2 Å². The van der Waals surface area contributed by atoms with Crippen molar-refractivity contribution in [2.24, 2.45) is 0 Å². The van der Waals surface area contributed by atoms with Crippen LogP contribution in [0.5, 0.6) is 0 Å². The first-order valence-corrected chi connectivity index (χ1v) is 36.1. The highest BCUT2D eigenvalue weighted by Crippen LogP contribution is 2.39. The quantitative estimate of drug-likeness (QED) is 0.0996. The third kappa shape index (κ3) is 16.3. The van der Waals surface area contributed by atoms with Gasteiger partial charge in [0, 0.05) is 210 Å². The largest absolute Gasteiger partial charge is 0.433 e. The number of aliphatic hydroxyl groups is 3. The van der Waals surface area contributed by atoms with Gasteiger partial charge in [0.25, 0.3) is 0 Å². The van der Waals surface area contributed by atoms with Crippen LogP contribution in [-0.2, 0) is 102 Å². The summed E-state index contributed by atoms with van der Waals surface area (Å²) in [5.74, 6) is 0. The zero-order valence-corrected chi connectivity index (χ0v) is 61.6. The molecular weight excluding hydrogens is 1360 g/mol. The third-order valence-electron chi connectivity index (χ3n) is 21.1. The number of rotatable bonds is 12. The minimum atomic E-state index is -4.50. The van der Waals surface area contributed by atoms with E-state index in [0.29, 0.717) is 36.6 Å². The van der Waals surface area contributed by atoms with E-state index in [-0.39, 0.29) is 6.54 Å². The summed E-state index contributed by atoms with van der Waals surface area (Å²) in [7, 11) is 8.52. The fraction of sp³-hybridized carbons (Fsp3) is 0.378. The Labute approximate surface area is 612 Å². The second kappa shape index (κ2) is 30.6. The van der Waals surface area contributed by atoms with Gasteiger partial charge in [-0.2, -0.15) is 26.3 Å². The van der Waals surface area contributed by atoms with Crippen molar-refractivity contribution >= 4 is 55.2 Å². The Kier molecular flexibility index (Phi) is 21.7. The van der Waals surface area contributed by atoms with E-state index >= 15 is 0 Å². The van der Waals surface area contributed by atoms with E-state index in [1.54, 1.807) is 18.6 Å². The van der Waals surface area contributed by atoms with E-state index < -0.39 is 41.5 Å². The summed E-state index contributed by atoms with van der Waals surface area (Å²) in [5, 5.41) is 38.2. The molecule has 550 valence electrons. The van der Waals surface area contributed by atoms with Crippen LogP contribution in [0.25, 0.3) is 43.6 Å². The monoisotopic (exact) mass is 1450 g/mol. The number of nitrogens with zero attached hydrogens (tertiary/aromatic N) is 13. The van der Waals surface area contributed by atoms with Gasteiger partial charge in [0.1, 0.15) is 17.0 Å². The molecule has 16 rings (SSSR count). The van der Waals surface area contributed by atoms with Gasteiger partial charge in [-0.15, -0.1) is 0 Å². The Morgan fingerprint density at radius 1 is 0.467 bits per heavy atom. The Hall–Kier alpha value is -8.84. The van der Waals surface area contributed by atoms with E-state index in [4.69, 9.17) is 11.6 Å². The number of fused-ring (bicyclic) bond motifs is 12. The van der Waals surface area contributed by atoms with E-state index in [9.17, 15) is 41.7 Å². The fourth-order valence-corrected chi connectivity index (χ4v) is 15.6. The van der Waals surface area contributed by atoms with Gasteiger partial charge >= 0.3 is 12.4 Å². The second-order valence-corrected chi connectivity index (χ2v) is 29.6. The van der Waals surface area contributed by atoms with Crippen molar-refractivity contribution < 1.29 is 41.7 Å². The van der Waals surface area contributed by atoms with Crippen molar-refractivity contribution in [2.45, 2.75) is 149 Å². The molecule has 0 spiro atoms. The Morgan fingerprint density at radius 2 is 0.933 bits per heavy atom. The van der Waals surface area contributed by atoms with Crippen LogP contribution < -0.4 is 0 Å². The van der Waals surface area contributed by atoms with Gasteiger partial charge in [-0.1, -0.05) is 59.1 Å². The lowest BCUT2D eigenvalue weighted by Crippen LogP contribution is -2.31. The second-order valence-electron chi connectivity index (χ2n) is 29.2. The molecule has 3 atom stereocenters. The smallest absolute Gasteiger partial charge is 0.386 e. The maximum Gasteiger partial charge on any atom is 0.433 e. The lowest BCUT2D eigenvalue weighted by molar-refractivity contribution is -0.142. The summed E-state index contributed by atoms with van der Waals surface area (Å²) in [6.07, 6.45) is 3.68. The van der Waals surface area contributed by atoms with Crippen LogP contribution in [-0.4, -0.2) is 132 Å². The van der Waals surface area contributed by atoms with Crippen molar-refractivity contribution in [3.8, 4) is 0 Å². The SMILES string of the molecule is CN1CCc2c(c3cc(Cl)ccc3n2CC(O)c2ccc(C(F)(F)F)nc2)C1.Cc1cc2c3c(n(CCc4ccc(C(F)(F)F)nc4)c2cn1)CCN(C)C3.Cc1ccc2c(c1)c1c(n2CC(C)(O)c2ccc(C)nc2)CCN(C)C1.Cc1ccc2c(c1)c1c(n2CC(O)c2cccnc2)CCN(C)C1. The summed E-state index contributed by atoms with van der Waals surface area (Å²) in [6, 6.07) is 33.6. The van der Waals surface area contributed by atoms with E-state index in [1.807, 2.05) is 69.4 Å². The van der Waals surface area contributed by atoms with Gasteiger partial charge in [-0.05, 0) is 170 Å². The van der Waals surface area contributed by atoms with Gasteiger partial charge in [-0.25, -0.2) is 0 Å². The molecular formula is C82H90ClF6N13O3. The van der Waals surface area contributed by atoms with Crippen molar-refractivity contribution in [1.82, 2.24) is 62.8 Å². The van der Waals surface area contributed by atoms with Crippen molar-refractivity contribution in [3.05, 3.63) is 253 Å². The van der Waals surface area contributed by atoms with Crippen LogP contribution in [0.4, 0.5) is 26.3 Å². The molecule has 23 heteroatoms. The molecule has 0 saturated heterocycles. The van der Waals surface area contributed by atoms with Crippen LogP contribution in [0.2, 0.25) is 5.02 Å². The highest BCUT2D eigenvalue weighted by atomic mass is 35.5. The summed E-state index contributed by atoms with van der Waals surface area (Å²) in [4.78, 5) is 29.2. The number of aromatic nitrogens is 9. The zero-order chi connectivity index (χ0) is 74.4. The standard InChI is InChI=1S/C22H27N3O.C20H19ClF3N3O.C20H21F3N4.C20H23N3O/c1-15-5-8-20-18(11-15)19-13-24(4)10-9-21(19)25(20)14-22(3,26)17-7-6-16(2)23-12-17;1-26-7-6-17-15(10-26)14-8-13(21)3-4-16(14)27(17)11-18(28)12-2-5-19(25-9-12)20(22,23)24;1-13-9-15-16-12-26(2)7-6-17(16)27(18(15)11-24-13)8-5-14-3-4-19(25-10-14)20(21,22)23;1-14-5-6-18-16(10-14)17-12-22(2)9-7-19(17)23(18)13-20(24)15-4-3-8-21-11-15/h5-8,11-12,26H,9-10,13-14H2,1-4H3;2-5,8-9,18,28H,6-7,10-11H2,1H3;3-4,9-11H,5-8,12H2,1-2H3;3-6,8,10-11,20,24H,7,9,12-13H2,1-2H3. The lowest BCUT2D eigenvalue weighted by atomic mass is 9.97. The number of hydrogen-bond donors (Lipinski definition) is 3. The van der Waals surface area contributed by atoms with Crippen molar-refractivity contribution in [3.63, 3.8) is 0 Å². The third-order valence-corrected chi connectivity index (χ3v) is 21.3. The highest BCUT2D eigenvalue weighted by Gasteiger charge is 2.35. The van der Waals surface area contributed by atoms with Gasteiger partial charge in [0.2, 0.25) is 0 Å².